The summed E-state index contributed by atoms with van der Waals surface area (Å²) in [7, 11) is 0.891. The highest BCUT2D eigenvalue weighted by Crippen LogP contribution is 2.47. The van der Waals surface area contributed by atoms with Gasteiger partial charge in [0.25, 0.3) is 0 Å². The molecule has 1 aromatic heterocycles. The van der Waals surface area contributed by atoms with E-state index in [9.17, 15) is 28.1 Å². The van der Waals surface area contributed by atoms with E-state index in [0.29, 0.717) is 0 Å². The van der Waals surface area contributed by atoms with Gasteiger partial charge in [0.2, 0.25) is 0 Å². The third-order valence-corrected chi connectivity index (χ3v) is 3.81. The molecule has 0 spiro atoms. The molecule has 5 nitrogen and oxygen atoms in total. The summed E-state index contributed by atoms with van der Waals surface area (Å²) in [6.07, 6.45) is -4.88. The van der Waals surface area contributed by atoms with E-state index in [1.54, 1.807) is 0 Å². The summed E-state index contributed by atoms with van der Waals surface area (Å²) in [6.45, 7) is 0. The lowest BCUT2D eigenvalue weighted by atomic mass is 10.2. The van der Waals surface area contributed by atoms with E-state index in [2.05, 4.69) is 20.7 Å². The van der Waals surface area contributed by atoms with Crippen LogP contribution in [0.5, 0.6) is 0 Å². The predicted octanol–water partition coefficient (Wildman–Crippen LogP) is 3.22. The number of esters is 1. The number of nitro groups is 1. The van der Waals surface area contributed by atoms with Gasteiger partial charge in [-0.1, -0.05) is 11.3 Å². The number of hydrogen-bond donors (Lipinski definition) is 0. The van der Waals surface area contributed by atoms with Crippen molar-refractivity contribution in [1.82, 2.24) is 0 Å². The molecular formula is C7H3BrF3NO4S. The Bertz CT molecular complexity index is 484. The number of carbonyl (C=O) groups is 1. The van der Waals surface area contributed by atoms with Gasteiger partial charge >= 0.3 is 17.1 Å². The first-order valence-corrected chi connectivity index (χ1v) is 5.43. The minimum absolute atomic E-state index is 0.113. The lowest BCUT2D eigenvalue weighted by molar-refractivity contribution is -0.381. The molecule has 1 rings (SSSR count). The lowest BCUT2D eigenvalue weighted by Crippen LogP contribution is -2.11. The molecule has 94 valence electrons. The Labute approximate surface area is 104 Å². The SMILES string of the molecule is COC(=O)c1sc([N+](=O)[O-])c(Br)c1C(F)(F)F. The van der Waals surface area contributed by atoms with Crippen molar-refractivity contribution < 1.29 is 27.6 Å². The van der Waals surface area contributed by atoms with Gasteiger partial charge in [-0.2, -0.15) is 13.2 Å². The molecule has 10 heteroatoms. The fourth-order valence-corrected chi connectivity index (χ4v) is 2.89. The first-order chi connectivity index (χ1) is 7.70. The smallest absolute Gasteiger partial charge is 0.419 e. The van der Waals surface area contributed by atoms with E-state index in [-0.39, 0.29) is 11.3 Å². The van der Waals surface area contributed by atoms with Gasteiger partial charge in [-0.05, 0) is 15.9 Å². The first kappa shape index (κ1) is 13.9. The van der Waals surface area contributed by atoms with Crippen LogP contribution >= 0.6 is 27.3 Å². The number of halogens is 4. The molecule has 0 N–H and O–H groups in total. The summed E-state index contributed by atoms with van der Waals surface area (Å²) >= 11 is 2.59. The maximum absolute atomic E-state index is 12.6. The molecule has 0 aliphatic carbocycles. The normalized spacial score (nSPS) is 11.4. The van der Waals surface area contributed by atoms with Crippen molar-refractivity contribution in [3.63, 3.8) is 0 Å². The maximum Gasteiger partial charge on any atom is 0.419 e. The number of carbonyl (C=O) groups excluding carboxylic acids is 1. The van der Waals surface area contributed by atoms with Crippen molar-refractivity contribution in [2.75, 3.05) is 7.11 Å². The standard InChI is InChI=1S/C7H3BrF3NO4S/c1-16-6(13)4-2(7(9,10)11)3(8)5(17-4)12(14)15/h1H3. The van der Waals surface area contributed by atoms with Crippen LogP contribution in [0, 0.1) is 10.1 Å². The van der Waals surface area contributed by atoms with E-state index in [0.717, 1.165) is 7.11 Å². The van der Waals surface area contributed by atoms with E-state index < -0.39 is 37.0 Å². The highest BCUT2D eigenvalue weighted by molar-refractivity contribution is 9.10. The fourth-order valence-electron chi connectivity index (χ4n) is 1.01. The molecule has 0 aliphatic heterocycles. The van der Waals surface area contributed by atoms with E-state index in [4.69, 9.17) is 0 Å². The molecule has 0 radical (unpaired) electrons. The monoisotopic (exact) mass is 333 g/mol. The number of rotatable bonds is 2. The number of hydrogen-bond acceptors (Lipinski definition) is 5. The van der Waals surface area contributed by atoms with Gasteiger partial charge in [0.15, 0.2) is 0 Å². The van der Waals surface area contributed by atoms with Crippen molar-refractivity contribution in [2.24, 2.45) is 0 Å². The summed E-state index contributed by atoms with van der Waals surface area (Å²) in [5.74, 6) is -1.27. The zero-order chi connectivity index (χ0) is 13.4. The topological polar surface area (TPSA) is 69.4 Å². The second-order valence-corrected chi connectivity index (χ2v) is 4.46. The molecule has 0 saturated heterocycles. The quantitative estimate of drug-likeness (QED) is 0.473. The number of ether oxygens (including phenoxy) is 1. The average Bonchev–Trinajstić information content (AvgIpc) is 2.54. The maximum atomic E-state index is 12.6. The molecule has 0 aliphatic rings. The lowest BCUT2D eigenvalue weighted by Gasteiger charge is -2.06. The van der Waals surface area contributed by atoms with Crippen LogP contribution in [-0.4, -0.2) is 18.0 Å². The van der Waals surface area contributed by atoms with E-state index in [1.165, 1.54) is 0 Å². The zero-order valence-electron chi connectivity index (χ0n) is 8.00. The van der Waals surface area contributed by atoms with Gasteiger partial charge in [0.1, 0.15) is 14.9 Å². The second kappa shape index (κ2) is 4.61. The molecule has 1 heterocycles. The van der Waals surface area contributed by atoms with Crippen molar-refractivity contribution in [1.29, 1.82) is 0 Å². The van der Waals surface area contributed by atoms with Crippen LogP contribution < -0.4 is 0 Å². The summed E-state index contributed by atoms with van der Waals surface area (Å²) in [5, 5.41) is 9.70. The number of methoxy groups -OCH3 is 1. The highest BCUT2D eigenvalue weighted by Gasteiger charge is 2.44. The van der Waals surface area contributed by atoms with Gasteiger partial charge < -0.3 is 4.74 Å². The Hall–Kier alpha value is -1.16. The molecular weight excluding hydrogens is 331 g/mol. The summed E-state index contributed by atoms with van der Waals surface area (Å²) in [5.41, 5.74) is -1.39. The van der Waals surface area contributed by atoms with Crippen molar-refractivity contribution >= 4 is 38.2 Å². The molecule has 0 aromatic carbocycles. The van der Waals surface area contributed by atoms with Crippen LogP contribution in [-0.2, 0) is 10.9 Å². The van der Waals surface area contributed by atoms with Gasteiger partial charge in [0.05, 0.1) is 12.0 Å². The van der Waals surface area contributed by atoms with Gasteiger partial charge in [-0.15, -0.1) is 0 Å². The highest BCUT2D eigenvalue weighted by atomic mass is 79.9. The molecule has 0 saturated carbocycles. The van der Waals surface area contributed by atoms with E-state index >= 15 is 0 Å². The number of nitrogens with zero attached hydrogens (tertiary/aromatic N) is 1. The molecule has 0 amide bonds. The van der Waals surface area contributed by atoms with Crippen LogP contribution in [0.3, 0.4) is 0 Å². The van der Waals surface area contributed by atoms with Gasteiger partial charge in [-0.3, -0.25) is 10.1 Å². The van der Waals surface area contributed by atoms with Crippen LogP contribution in [0.1, 0.15) is 15.2 Å². The predicted molar refractivity (Wildman–Crippen MR) is 55.0 cm³/mol. The van der Waals surface area contributed by atoms with Crippen molar-refractivity contribution in [2.45, 2.75) is 6.18 Å². The summed E-state index contributed by atoms with van der Waals surface area (Å²) < 4.78 is 41.3. The Kier molecular flexibility index (Phi) is 3.77. The molecule has 17 heavy (non-hydrogen) atoms. The van der Waals surface area contributed by atoms with Crippen LogP contribution in [0.25, 0.3) is 0 Å². The number of thiophene rings is 1. The molecule has 0 unspecified atom stereocenters. The Morgan fingerprint density at radius 3 is 2.41 bits per heavy atom. The van der Waals surface area contributed by atoms with Crippen molar-refractivity contribution in [3.8, 4) is 0 Å². The van der Waals surface area contributed by atoms with Crippen LogP contribution in [0.4, 0.5) is 18.2 Å². The van der Waals surface area contributed by atoms with E-state index in [1.807, 2.05) is 0 Å². The molecule has 0 fully saturated rings. The molecule has 0 atom stereocenters. The third kappa shape index (κ3) is 2.57. The first-order valence-electron chi connectivity index (χ1n) is 3.82. The Morgan fingerprint density at radius 1 is 1.53 bits per heavy atom. The third-order valence-electron chi connectivity index (χ3n) is 1.65. The summed E-state index contributed by atoms with van der Waals surface area (Å²) in [6, 6.07) is 0. The summed E-state index contributed by atoms with van der Waals surface area (Å²) in [4.78, 5) is 19.8. The number of alkyl halides is 3. The van der Waals surface area contributed by atoms with Gasteiger partial charge in [-0.25, -0.2) is 4.79 Å². The average molecular weight is 334 g/mol. The Balaban J connectivity index is 3.54. The van der Waals surface area contributed by atoms with Crippen LogP contribution in [0.15, 0.2) is 4.47 Å². The Morgan fingerprint density at radius 2 is 2.06 bits per heavy atom. The fraction of sp³-hybridized carbons (Fsp3) is 0.286. The zero-order valence-corrected chi connectivity index (χ0v) is 10.4. The van der Waals surface area contributed by atoms with Crippen molar-refractivity contribution in [3.05, 3.63) is 25.0 Å². The van der Waals surface area contributed by atoms with Crippen LogP contribution in [0.2, 0.25) is 0 Å². The minimum Gasteiger partial charge on any atom is -0.465 e. The molecule has 1 aromatic rings. The largest absolute Gasteiger partial charge is 0.465 e. The van der Waals surface area contributed by atoms with Gasteiger partial charge in [0, 0.05) is 0 Å². The molecule has 0 bridgehead atoms. The minimum atomic E-state index is -4.88. The second-order valence-electron chi connectivity index (χ2n) is 2.67.